The lowest BCUT2D eigenvalue weighted by Gasteiger charge is -2.30. The maximum atomic E-state index is 15.7. The van der Waals surface area contributed by atoms with Crippen LogP contribution in [0.25, 0.3) is 10.9 Å². The molecule has 3 aromatic rings. The van der Waals surface area contributed by atoms with Crippen LogP contribution in [0.3, 0.4) is 0 Å². The van der Waals surface area contributed by atoms with Crippen molar-refractivity contribution in [2.75, 3.05) is 44.6 Å². The number of nitrogens with one attached hydrogen (secondary N) is 2. The third-order valence-electron chi connectivity index (χ3n) is 9.83. The fraction of sp³-hybridized carbons (Fsp3) is 0.529. The zero-order valence-electron chi connectivity index (χ0n) is 27.0. The molecule has 11 nitrogen and oxygen atoms in total. The van der Waals surface area contributed by atoms with Gasteiger partial charge in [0.05, 0.1) is 35.9 Å². The van der Waals surface area contributed by atoms with Crippen molar-refractivity contribution in [2.45, 2.75) is 69.3 Å². The molecule has 6 rings (SSSR count). The maximum Gasteiger partial charge on any atom is 0.586 e. The normalized spacial score (nSPS) is 19.4. The molecule has 6 N–H and O–H groups in total. The van der Waals surface area contributed by atoms with Crippen molar-refractivity contribution in [1.29, 1.82) is 0 Å². The Morgan fingerprint density at radius 1 is 1.10 bits per heavy atom. The Hall–Kier alpha value is -3.85. The fourth-order valence-corrected chi connectivity index (χ4v) is 6.70. The van der Waals surface area contributed by atoms with Crippen LogP contribution >= 0.6 is 0 Å². The number of ether oxygens (including phenoxy) is 2. The largest absolute Gasteiger partial charge is 0.586 e. The minimum absolute atomic E-state index is 0.0429. The van der Waals surface area contributed by atoms with E-state index >= 15 is 4.39 Å². The number of nitrogens with zero attached hydrogens (tertiary/aromatic N) is 2. The van der Waals surface area contributed by atoms with E-state index in [1.165, 1.54) is 30.3 Å². The standard InChI is InChI=1S/C34H42F3N5O6/c1-32(2,19-43)29-14-21-13-25(40-31(46)33(7-8-33)22-3-4-27-28(15-22)48-34(36,37)47-27)24(35)16-26(21)42(29)18-23(44)17-39-9-12-41-10-5-20(6-11-41)30(38)45/h3-4,13-16,20,23,39,43-44H,5-12,17-19H2,1-2H3,(H2,38,45)(H,40,46). The Bertz CT molecular complexity index is 1700. The molecule has 14 heteroatoms. The van der Waals surface area contributed by atoms with Gasteiger partial charge in [0.25, 0.3) is 0 Å². The minimum Gasteiger partial charge on any atom is -0.395 e. The Balaban J connectivity index is 1.14. The highest BCUT2D eigenvalue weighted by atomic mass is 19.3. The summed E-state index contributed by atoms with van der Waals surface area (Å²) >= 11 is 0. The first-order valence-electron chi connectivity index (χ1n) is 16.3. The molecule has 0 bridgehead atoms. The number of fused-ring (bicyclic) bond motifs is 2. The summed E-state index contributed by atoms with van der Waals surface area (Å²) in [5.74, 6) is -1.76. The molecular formula is C34H42F3N5O6. The summed E-state index contributed by atoms with van der Waals surface area (Å²) in [4.78, 5) is 27.2. The molecule has 1 aromatic heterocycles. The number of rotatable bonds is 13. The number of piperidine rings is 1. The minimum atomic E-state index is -3.78. The average Bonchev–Trinajstić information content (AvgIpc) is 3.70. The molecule has 0 spiro atoms. The summed E-state index contributed by atoms with van der Waals surface area (Å²) in [5, 5.41) is 27.8. The second-order valence-electron chi connectivity index (χ2n) is 13.8. The van der Waals surface area contributed by atoms with Crippen molar-refractivity contribution in [1.82, 2.24) is 14.8 Å². The Kier molecular flexibility index (Phi) is 9.13. The molecule has 2 aromatic carbocycles. The number of aliphatic hydroxyl groups is 2. The van der Waals surface area contributed by atoms with Crippen molar-refractivity contribution in [2.24, 2.45) is 11.7 Å². The molecule has 2 aliphatic heterocycles. The van der Waals surface area contributed by atoms with Gasteiger partial charge in [-0.15, -0.1) is 8.78 Å². The molecule has 1 atom stereocenters. The molecule has 1 saturated heterocycles. The number of carbonyl (C=O) groups is 2. The number of hydrogen-bond donors (Lipinski definition) is 5. The van der Waals surface area contributed by atoms with E-state index in [0.717, 1.165) is 32.5 Å². The van der Waals surface area contributed by atoms with E-state index in [1.54, 1.807) is 4.57 Å². The molecular weight excluding hydrogens is 631 g/mol. The molecule has 1 saturated carbocycles. The van der Waals surface area contributed by atoms with Crippen molar-refractivity contribution < 1.29 is 42.4 Å². The number of likely N-dealkylation sites (tertiary alicyclic amines) is 1. The number of anilines is 1. The van der Waals surface area contributed by atoms with Gasteiger partial charge in [0, 0.05) is 48.1 Å². The fourth-order valence-electron chi connectivity index (χ4n) is 6.70. The third kappa shape index (κ3) is 6.84. The van der Waals surface area contributed by atoms with Crippen molar-refractivity contribution in [3.05, 3.63) is 53.5 Å². The lowest BCUT2D eigenvalue weighted by atomic mass is 9.90. The number of carbonyl (C=O) groups excluding carboxylic acids is 2. The number of halogens is 3. The van der Waals surface area contributed by atoms with E-state index in [-0.39, 0.29) is 48.7 Å². The van der Waals surface area contributed by atoms with Gasteiger partial charge >= 0.3 is 6.29 Å². The first-order chi connectivity index (χ1) is 22.7. The Morgan fingerprint density at radius 2 is 1.81 bits per heavy atom. The highest BCUT2D eigenvalue weighted by Gasteiger charge is 2.53. The number of alkyl halides is 2. The van der Waals surface area contributed by atoms with Crippen molar-refractivity contribution in [3.63, 3.8) is 0 Å². The van der Waals surface area contributed by atoms with Crippen LogP contribution in [0.4, 0.5) is 18.9 Å². The van der Waals surface area contributed by atoms with Crippen LogP contribution in [0.15, 0.2) is 36.4 Å². The molecule has 48 heavy (non-hydrogen) atoms. The predicted octanol–water partition coefficient (Wildman–Crippen LogP) is 3.19. The molecule has 0 radical (unpaired) electrons. The SMILES string of the molecule is CC(C)(CO)c1cc2cc(NC(=O)C3(c4ccc5c(c4)OC(F)(F)O5)CC3)c(F)cc2n1CC(O)CNCCN1CCC(C(N)=O)CC1. The number of aromatic nitrogens is 1. The zero-order valence-corrected chi connectivity index (χ0v) is 27.0. The number of hydrogen-bond acceptors (Lipinski definition) is 8. The van der Waals surface area contributed by atoms with E-state index in [1.807, 2.05) is 19.9 Å². The van der Waals surface area contributed by atoms with Crippen LogP contribution in [0.1, 0.15) is 50.8 Å². The predicted molar refractivity (Wildman–Crippen MR) is 171 cm³/mol. The summed E-state index contributed by atoms with van der Waals surface area (Å²) in [6.07, 6.45) is -2.22. The second-order valence-corrected chi connectivity index (χ2v) is 13.8. The number of benzene rings is 2. The van der Waals surface area contributed by atoms with E-state index < -0.39 is 35.0 Å². The van der Waals surface area contributed by atoms with Gasteiger partial charge in [-0.3, -0.25) is 9.59 Å². The van der Waals surface area contributed by atoms with Crippen molar-refractivity contribution >= 4 is 28.4 Å². The quantitative estimate of drug-likeness (QED) is 0.174. The van der Waals surface area contributed by atoms with Crippen LogP contribution in [-0.4, -0.2) is 83.2 Å². The van der Waals surface area contributed by atoms with Gasteiger partial charge in [-0.1, -0.05) is 19.9 Å². The molecule has 2 fully saturated rings. The van der Waals surface area contributed by atoms with E-state index in [9.17, 15) is 28.6 Å². The molecule has 1 aliphatic carbocycles. The monoisotopic (exact) mass is 673 g/mol. The first-order valence-corrected chi connectivity index (χ1v) is 16.3. The van der Waals surface area contributed by atoms with E-state index in [4.69, 9.17) is 5.73 Å². The van der Waals surface area contributed by atoms with Crippen LogP contribution in [0.2, 0.25) is 0 Å². The van der Waals surface area contributed by atoms with Gasteiger partial charge in [0.1, 0.15) is 5.82 Å². The summed E-state index contributed by atoms with van der Waals surface area (Å²) < 4.78 is 53.6. The summed E-state index contributed by atoms with van der Waals surface area (Å²) in [6, 6.07) is 8.88. The third-order valence-corrected chi connectivity index (χ3v) is 9.83. The van der Waals surface area contributed by atoms with Gasteiger partial charge in [-0.2, -0.15) is 0 Å². The van der Waals surface area contributed by atoms with Gasteiger partial charge in [0.2, 0.25) is 11.8 Å². The Labute approximate surface area is 276 Å². The lowest BCUT2D eigenvalue weighted by molar-refractivity contribution is -0.286. The number of nitrogens with two attached hydrogens (primary N) is 1. The summed E-state index contributed by atoms with van der Waals surface area (Å²) in [7, 11) is 0. The van der Waals surface area contributed by atoms with E-state index in [2.05, 4.69) is 25.0 Å². The van der Waals surface area contributed by atoms with Crippen LogP contribution in [0, 0.1) is 11.7 Å². The van der Waals surface area contributed by atoms with E-state index in [0.29, 0.717) is 41.5 Å². The number of primary amides is 1. The molecule has 3 aliphatic rings. The van der Waals surface area contributed by atoms with Crippen LogP contribution in [-0.2, 0) is 27.0 Å². The molecule has 3 heterocycles. The molecule has 260 valence electrons. The van der Waals surface area contributed by atoms with Crippen LogP contribution < -0.4 is 25.8 Å². The number of aliphatic hydroxyl groups excluding tert-OH is 2. The Morgan fingerprint density at radius 3 is 2.48 bits per heavy atom. The smallest absolute Gasteiger partial charge is 0.395 e. The van der Waals surface area contributed by atoms with Crippen LogP contribution in [0.5, 0.6) is 11.5 Å². The lowest BCUT2D eigenvalue weighted by Crippen LogP contribution is -2.42. The zero-order chi connectivity index (χ0) is 34.4. The summed E-state index contributed by atoms with van der Waals surface area (Å²) in [6.45, 7) is 6.91. The summed E-state index contributed by atoms with van der Waals surface area (Å²) in [5.41, 5.74) is 5.28. The first kappa shape index (κ1) is 34.0. The van der Waals surface area contributed by atoms with Gasteiger partial charge in [0.15, 0.2) is 11.5 Å². The maximum absolute atomic E-state index is 15.7. The number of amides is 2. The van der Waals surface area contributed by atoms with Gasteiger partial charge < -0.3 is 45.5 Å². The van der Waals surface area contributed by atoms with Crippen molar-refractivity contribution in [3.8, 4) is 11.5 Å². The molecule has 1 unspecified atom stereocenters. The highest BCUT2D eigenvalue weighted by Crippen LogP contribution is 2.52. The second kappa shape index (κ2) is 12.9. The topological polar surface area (TPSA) is 151 Å². The molecule has 2 amide bonds. The van der Waals surface area contributed by atoms with Gasteiger partial charge in [-0.25, -0.2) is 4.39 Å². The highest BCUT2D eigenvalue weighted by molar-refractivity contribution is 6.03. The van der Waals surface area contributed by atoms with Gasteiger partial charge in [-0.05, 0) is 68.6 Å². The average molecular weight is 674 g/mol.